The second kappa shape index (κ2) is 2.41. The topological polar surface area (TPSA) is 64.4 Å². The average Bonchev–Trinajstić information content (AvgIpc) is 2.08. The van der Waals surface area contributed by atoms with Crippen LogP contribution < -0.4 is 5.32 Å². The number of nitrogens with one attached hydrogen (secondary N) is 1. The van der Waals surface area contributed by atoms with Crippen LogP contribution in [-0.4, -0.2) is 17.1 Å². The summed E-state index contributed by atoms with van der Waals surface area (Å²) in [7, 11) is 0. The monoisotopic (exact) mass is 158 g/mol. The van der Waals surface area contributed by atoms with E-state index in [0.717, 1.165) is 6.20 Å². The number of rotatable bonds is 1. The standard InChI is InChI=1S/C6H10N2O3/c1-6(2)4-11-5(7-6)3-8(9)10/h3,7H,4H2,1-2H3/b5-3+. The Kier molecular flexibility index (Phi) is 1.72. The Morgan fingerprint density at radius 1 is 1.82 bits per heavy atom. The molecular formula is C6H10N2O3. The minimum atomic E-state index is -0.538. The van der Waals surface area contributed by atoms with Crippen molar-refractivity contribution in [2.45, 2.75) is 19.4 Å². The van der Waals surface area contributed by atoms with E-state index < -0.39 is 4.92 Å². The van der Waals surface area contributed by atoms with E-state index in [1.54, 1.807) is 0 Å². The van der Waals surface area contributed by atoms with Crippen LogP contribution in [-0.2, 0) is 4.74 Å². The van der Waals surface area contributed by atoms with Gasteiger partial charge in [0.25, 0.3) is 12.1 Å². The van der Waals surface area contributed by atoms with E-state index in [1.165, 1.54) is 0 Å². The van der Waals surface area contributed by atoms with Gasteiger partial charge in [0.15, 0.2) is 0 Å². The molecule has 5 heteroatoms. The van der Waals surface area contributed by atoms with Crippen molar-refractivity contribution in [1.82, 2.24) is 5.32 Å². The van der Waals surface area contributed by atoms with Crippen molar-refractivity contribution in [3.8, 4) is 0 Å². The van der Waals surface area contributed by atoms with E-state index >= 15 is 0 Å². The zero-order valence-corrected chi connectivity index (χ0v) is 6.46. The van der Waals surface area contributed by atoms with E-state index in [9.17, 15) is 10.1 Å². The Morgan fingerprint density at radius 3 is 2.82 bits per heavy atom. The van der Waals surface area contributed by atoms with Gasteiger partial charge in [-0.15, -0.1) is 0 Å². The highest BCUT2D eigenvalue weighted by molar-refractivity contribution is 4.99. The second-order valence-corrected chi connectivity index (χ2v) is 3.08. The molecule has 0 aliphatic carbocycles. The lowest BCUT2D eigenvalue weighted by Gasteiger charge is -2.12. The first kappa shape index (κ1) is 7.84. The fourth-order valence-electron chi connectivity index (χ4n) is 0.829. The van der Waals surface area contributed by atoms with Crippen molar-refractivity contribution in [3.05, 3.63) is 22.2 Å². The molecule has 0 aromatic carbocycles. The molecule has 0 radical (unpaired) electrons. The maximum absolute atomic E-state index is 9.98. The molecule has 0 saturated carbocycles. The van der Waals surface area contributed by atoms with E-state index in [-0.39, 0.29) is 11.4 Å². The van der Waals surface area contributed by atoms with Crippen molar-refractivity contribution in [3.63, 3.8) is 0 Å². The van der Waals surface area contributed by atoms with Gasteiger partial charge in [0.2, 0.25) is 0 Å². The Hall–Kier alpha value is -1.26. The van der Waals surface area contributed by atoms with Gasteiger partial charge < -0.3 is 10.1 Å². The lowest BCUT2D eigenvalue weighted by atomic mass is 10.1. The van der Waals surface area contributed by atoms with Crippen LogP contribution in [0.5, 0.6) is 0 Å². The third kappa shape index (κ3) is 2.10. The van der Waals surface area contributed by atoms with E-state index in [0.29, 0.717) is 6.61 Å². The fourth-order valence-corrected chi connectivity index (χ4v) is 0.829. The Morgan fingerprint density at radius 2 is 2.45 bits per heavy atom. The summed E-state index contributed by atoms with van der Waals surface area (Å²) in [4.78, 5) is 9.44. The largest absolute Gasteiger partial charge is 0.472 e. The number of nitrogens with zero attached hydrogens (tertiary/aromatic N) is 1. The molecule has 1 fully saturated rings. The number of hydrogen-bond acceptors (Lipinski definition) is 4. The molecule has 1 N–H and O–H groups in total. The summed E-state index contributed by atoms with van der Waals surface area (Å²) in [5, 5.41) is 12.8. The molecule has 0 unspecified atom stereocenters. The Bertz CT molecular complexity index is 210. The molecule has 0 spiro atoms. The molecule has 0 amide bonds. The van der Waals surface area contributed by atoms with Gasteiger partial charge >= 0.3 is 0 Å². The first-order valence-electron chi connectivity index (χ1n) is 3.26. The summed E-state index contributed by atoms with van der Waals surface area (Å²) in [6.45, 7) is 4.29. The lowest BCUT2D eigenvalue weighted by Crippen LogP contribution is -2.34. The summed E-state index contributed by atoms with van der Waals surface area (Å²) in [6, 6.07) is 0. The predicted octanol–water partition coefficient (Wildman–Crippen LogP) is 0.460. The highest BCUT2D eigenvalue weighted by Crippen LogP contribution is 2.15. The molecule has 1 heterocycles. The van der Waals surface area contributed by atoms with Crippen LogP contribution in [0.3, 0.4) is 0 Å². The Balaban J connectivity index is 2.61. The third-order valence-corrected chi connectivity index (χ3v) is 1.27. The highest BCUT2D eigenvalue weighted by Gasteiger charge is 2.28. The molecule has 0 aromatic heterocycles. The number of nitro groups is 1. The average molecular weight is 158 g/mol. The summed E-state index contributed by atoms with van der Waals surface area (Å²) in [6.07, 6.45) is 0.828. The first-order valence-corrected chi connectivity index (χ1v) is 3.26. The SMILES string of the molecule is CC1(C)CO/C(=C/[N+](=O)[O-])N1. The molecule has 1 rings (SSSR count). The van der Waals surface area contributed by atoms with Gasteiger partial charge in [-0.3, -0.25) is 10.1 Å². The minimum absolute atomic E-state index is 0.193. The maximum atomic E-state index is 9.98. The molecule has 11 heavy (non-hydrogen) atoms. The zero-order chi connectivity index (χ0) is 8.48. The van der Waals surface area contributed by atoms with Gasteiger partial charge in [0.05, 0.1) is 10.5 Å². The van der Waals surface area contributed by atoms with E-state index in [1.807, 2.05) is 13.8 Å². The summed E-state index contributed by atoms with van der Waals surface area (Å²) < 4.78 is 4.99. The van der Waals surface area contributed by atoms with Crippen LogP contribution in [0.1, 0.15) is 13.8 Å². The van der Waals surface area contributed by atoms with Gasteiger partial charge in [-0.1, -0.05) is 0 Å². The van der Waals surface area contributed by atoms with Crippen LogP contribution in [0, 0.1) is 10.1 Å². The smallest absolute Gasteiger partial charge is 0.293 e. The van der Waals surface area contributed by atoms with Gasteiger partial charge in [-0.25, -0.2) is 0 Å². The van der Waals surface area contributed by atoms with Crippen molar-refractivity contribution in [1.29, 1.82) is 0 Å². The van der Waals surface area contributed by atoms with Crippen LogP contribution in [0.2, 0.25) is 0 Å². The summed E-state index contributed by atoms with van der Waals surface area (Å²) in [5.41, 5.74) is -0.193. The van der Waals surface area contributed by atoms with Crippen LogP contribution in [0.25, 0.3) is 0 Å². The molecule has 0 atom stereocenters. The maximum Gasteiger partial charge on any atom is 0.293 e. The normalized spacial score (nSPS) is 24.4. The molecule has 5 nitrogen and oxygen atoms in total. The molecule has 1 saturated heterocycles. The molecule has 1 aliphatic heterocycles. The Labute approximate surface area is 64.2 Å². The summed E-state index contributed by atoms with van der Waals surface area (Å²) >= 11 is 0. The predicted molar refractivity (Wildman–Crippen MR) is 38.2 cm³/mol. The van der Waals surface area contributed by atoms with Crippen LogP contribution in [0.15, 0.2) is 12.1 Å². The van der Waals surface area contributed by atoms with E-state index in [2.05, 4.69) is 5.32 Å². The van der Waals surface area contributed by atoms with E-state index in [4.69, 9.17) is 4.74 Å². The van der Waals surface area contributed by atoms with Crippen LogP contribution in [0.4, 0.5) is 0 Å². The van der Waals surface area contributed by atoms with Crippen molar-refractivity contribution in [2.75, 3.05) is 6.61 Å². The fraction of sp³-hybridized carbons (Fsp3) is 0.667. The molecule has 62 valence electrons. The molecule has 0 bridgehead atoms. The molecule has 1 aliphatic rings. The zero-order valence-electron chi connectivity index (χ0n) is 6.46. The first-order chi connectivity index (χ1) is 4.99. The quantitative estimate of drug-likeness (QED) is 0.444. The summed E-state index contributed by atoms with van der Waals surface area (Å²) in [5.74, 6) is 0.236. The highest BCUT2D eigenvalue weighted by atomic mass is 16.6. The van der Waals surface area contributed by atoms with Crippen LogP contribution >= 0.6 is 0 Å². The van der Waals surface area contributed by atoms with Crippen molar-refractivity contribution < 1.29 is 9.66 Å². The van der Waals surface area contributed by atoms with Gasteiger partial charge in [-0.2, -0.15) is 0 Å². The van der Waals surface area contributed by atoms with Crippen molar-refractivity contribution >= 4 is 0 Å². The number of hydrogen-bond donors (Lipinski definition) is 1. The van der Waals surface area contributed by atoms with Gasteiger partial charge in [0.1, 0.15) is 6.61 Å². The third-order valence-electron chi connectivity index (χ3n) is 1.27. The molecular weight excluding hydrogens is 148 g/mol. The van der Waals surface area contributed by atoms with Crippen molar-refractivity contribution in [2.24, 2.45) is 0 Å². The lowest BCUT2D eigenvalue weighted by molar-refractivity contribution is -0.405. The van der Waals surface area contributed by atoms with Gasteiger partial charge in [-0.05, 0) is 13.8 Å². The van der Waals surface area contributed by atoms with Gasteiger partial charge in [0, 0.05) is 0 Å². The second-order valence-electron chi connectivity index (χ2n) is 3.08. The minimum Gasteiger partial charge on any atom is -0.472 e. The molecule has 0 aromatic rings. The number of ether oxygens (including phenoxy) is 1.